The van der Waals surface area contributed by atoms with Crippen molar-refractivity contribution < 1.29 is 28.4 Å². The van der Waals surface area contributed by atoms with Crippen molar-refractivity contribution in [3.05, 3.63) is 63.4 Å². The van der Waals surface area contributed by atoms with Crippen molar-refractivity contribution in [2.24, 2.45) is 0 Å². The van der Waals surface area contributed by atoms with E-state index in [4.69, 9.17) is 9.15 Å². The van der Waals surface area contributed by atoms with E-state index in [1.807, 2.05) is 0 Å². The first-order valence-electron chi connectivity index (χ1n) is 6.10. The number of hydrogen-bond acceptors (Lipinski definition) is 7. The van der Waals surface area contributed by atoms with Crippen LogP contribution in [0.5, 0.6) is 0 Å². The van der Waals surface area contributed by atoms with Crippen LogP contribution in [0, 0.1) is 10.1 Å². The van der Waals surface area contributed by atoms with Gasteiger partial charge in [-0.15, -0.1) is 0 Å². The summed E-state index contributed by atoms with van der Waals surface area (Å²) >= 11 is 0. The van der Waals surface area contributed by atoms with E-state index in [0.717, 1.165) is 6.07 Å². The summed E-state index contributed by atoms with van der Waals surface area (Å²) in [7, 11) is 1.28. The number of carbonyl (C=O) groups is 2. The van der Waals surface area contributed by atoms with Gasteiger partial charge in [-0.05, 0) is 23.8 Å². The van der Waals surface area contributed by atoms with Crippen molar-refractivity contribution in [2.45, 2.75) is 6.61 Å². The van der Waals surface area contributed by atoms with Crippen LogP contribution in [-0.2, 0) is 16.1 Å². The number of hydrogen-bond donors (Lipinski definition) is 0. The molecule has 0 saturated carbocycles. The molecule has 0 saturated heterocycles. The highest BCUT2D eigenvalue weighted by Crippen LogP contribution is 2.17. The van der Waals surface area contributed by atoms with Gasteiger partial charge in [-0.3, -0.25) is 10.1 Å². The van der Waals surface area contributed by atoms with Gasteiger partial charge in [0.15, 0.2) is 0 Å². The SMILES string of the molecule is COC(=O)c1ccc(COC(=O)c2ccc([N+](=O)[O-])o2)cc1. The third-order valence-electron chi connectivity index (χ3n) is 2.72. The molecule has 0 fully saturated rings. The van der Waals surface area contributed by atoms with Gasteiger partial charge in [0, 0.05) is 0 Å². The number of benzene rings is 1. The molecule has 114 valence electrons. The van der Waals surface area contributed by atoms with Crippen molar-refractivity contribution >= 4 is 17.8 Å². The standard InChI is InChI=1S/C14H11NO7/c1-20-13(16)10-4-2-9(3-5-10)8-21-14(17)11-6-7-12(22-11)15(18)19/h2-7H,8H2,1H3. The van der Waals surface area contributed by atoms with Crippen molar-refractivity contribution in [2.75, 3.05) is 7.11 Å². The predicted molar refractivity (Wildman–Crippen MR) is 72.3 cm³/mol. The molecule has 0 aliphatic rings. The van der Waals surface area contributed by atoms with Gasteiger partial charge in [-0.1, -0.05) is 12.1 Å². The van der Waals surface area contributed by atoms with Crippen molar-refractivity contribution in [1.29, 1.82) is 0 Å². The lowest BCUT2D eigenvalue weighted by Crippen LogP contribution is -2.05. The minimum Gasteiger partial charge on any atom is -0.465 e. The highest BCUT2D eigenvalue weighted by Gasteiger charge is 2.18. The fourth-order valence-electron chi connectivity index (χ4n) is 1.61. The maximum absolute atomic E-state index is 11.7. The zero-order valence-electron chi connectivity index (χ0n) is 11.5. The van der Waals surface area contributed by atoms with Crippen LogP contribution in [0.3, 0.4) is 0 Å². The molecule has 0 aliphatic heterocycles. The number of nitrogens with zero attached hydrogens (tertiary/aromatic N) is 1. The van der Waals surface area contributed by atoms with E-state index in [1.165, 1.54) is 25.3 Å². The average molecular weight is 305 g/mol. The molecule has 2 rings (SSSR count). The summed E-state index contributed by atoms with van der Waals surface area (Å²) in [5.74, 6) is -2.07. The van der Waals surface area contributed by atoms with Gasteiger partial charge in [-0.25, -0.2) is 9.59 Å². The van der Waals surface area contributed by atoms with E-state index in [9.17, 15) is 19.7 Å². The first-order valence-corrected chi connectivity index (χ1v) is 6.10. The highest BCUT2D eigenvalue weighted by molar-refractivity contribution is 5.89. The monoisotopic (exact) mass is 305 g/mol. The first-order chi connectivity index (χ1) is 10.5. The summed E-state index contributed by atoms with van der Waals surface area (Å²) in [5, 5.41) is 10.4. The maximum Gasteiger partial charge on any atom is 0.433 e. The number of nitro groups is 1. The quantitative estimate of drug-likeness (QED) is 0.473. The molecule has 0 radical (unpaired) electrons. The normalized spacial score (nSPS) is 10.0. The molecule has 8 nitrogen and oxygen atoms in total. The average Bonchev–Trinajstić information content (AvgIpc) is 3.02. The Balaban J connectivity index is 1.95. The molecule has 1 heterocycles. The Morgan fingerprint density at radius 2 is 1.82 bits per heavy atom. The molecule has 0 amide bonds. The second kappa shape index (κ2) is 6.53. The van der Waals surface area contributed by atoms with Gasteiger partial charge in [0.05, 0.1) is 18.7 Å². The zero-order chi connectivity index (χ0) is 16.1. The molecule has 2 aromatic rings. The van der Waals surface area contributed by atoms with Crippen LogP contribution in [0.25, 0.3) is 0 Å². The first kappa shape index (κ1) is 15.2. The van der Waals surface area contributed by atoms with E-state index in [1.54, 1.807) is 12.1 Å². The van der Waals surface area contributed by atoms with Gasteiger partial charge >= 0.3 is 17.8 Å². The Kier molecular flexibility index (Phi) is 4.52. The lowest BCUT2D eigenvalue weighted by molar-refractivity contribution is -0.402. The molecule has 0 atom stereocenters. The third-order valence-corrected chi connectivity index (χ3v) is 2.72. The lowest BCUT2D eigenvalue weighted by Gasteiger charge is -2.04. The van der Waals surface area contributed by atoms with Crippen LogP contribution in [0.1, 0.15) is 26.5 Å². The number of ether oxygens (including phenoxy) is 2. The largest absolute Gasteiger partial charge is 0.465 e. The number of rotatable bonds is 5. The Morgan fingerprint density at radius 1 is 1.14 bits per heavy atom. The third kappa shape index (κ3) is 3.48. The zero-order valence-corrected chi connectivity index (χ0v) is 11.5. The summed E-state index contributed by atoms with van der Waals surface area (Å²) in [6.45, 7) is -0.0607. The summed E-state index contributed by atoms with van der Waals surface area (Å²) in [6.07, 6.45) is 0. The summed E-state index contributed by atoms with van der Waals surface area (Å²) < 4.78 is 14.3. The van der Waals surface area contributed by atoms with E-state index < -0.39 is 22.7 Å². The molecule has 8 heteroatoms. The van der Waals surface area contributed by atoms with Crippen LogP contribution in [0.4, 0.5) is 5.88 Å². The molecular weight excluding hydrogens is 294 g/mol. The molecule has 0 aliphatic carbocycles. The lowest BCUT2D eigenvalue weighted by atomic mass is 10.1. The van der Waals surface area contributed by atoms with E-state index >= 15 is 0 Å². The van der Waals surface area contributed by atoms with Crippen molar-refractivity contribution in [3.8, 4) is 0 Å². The Labute approximate surface area is 124 Å². The van der Waals surface area contributed by atoms with Crippen LogP contribution < -0.4 is 0 Å². The second-order valence-electron chi connectivity index (χ2n) is 4.16. The molecular formula is C14H11NO7. The van der Waals surface area contributed by atoms with Crippen LogP contribution in [-0.4, -0.2) is 24.0 Å². The summed E-state index contributed by atoms with van der Waals surface area (Å²) in [5.41, 5.74) is 1.02. The van der Waals surface area contributed by atoms with Gasteiger partial charge in [0.1, 0.15) is 11.5 Å². The fourth-order valence-corrected chi connectivity index (χ4v) is 1.61. The van der Waals surface area contributed by atoms with Crippen molar-refractivity contribution in [1.82, 2.24) is 0 Å². The second-order valence-corrected chi connectivity index (χ2v) is 4.16. The molecule has 0 unspecified atom stereocenters. The number of esters is 2. The topological polar surface area (TPSA) is 109 Å². The van der Waals surface area contributed by atoms with Crippen molar-refractivity contribution in [3.63, 3.8) is 0 Å². The van der Waals surface area contributed by atoms with Crippen LogP contribution in [0.2, 0.25) is 0 Å². The minimum absolute atomic E-state index is 0.0607. The van der Waals surface area contributed by atoms with E-state index in [0.29, 0.717) is 11.1 Å². The summed E-state index contributed by atoms with van der Waals surface area (Å²) in [4.78, 5) is 32.6. The molecule has 22 heavy (non-hydrogen) atoms. The van der Waals surface area contributed by atoms with Gasteiger partial charge in [-0.2, -0.15) is 0 Å². The van der Waals surface area contributed by atoms with Gasteiger partial charge < -0.3 is 13.9 Å². The predicted octanol–water partition coefficient (Wildman–Crippen LogP) is 2.33. The molecule has 1 aromatic carbocycles. The van der Waals surface area contributed by atoms with E-state index in [-0.39, 0.29) is 12.4 Å². The van der Waals surface area contributed by atoms with E-state index in [2.05, 4.69) is 4.74 Å². The maximum atomic E-state index is 11.7. The summed E-state index contributed by atoms with van der Waals surface area (Å²) in [6, 6.07) is 8.51. The smallest absolute Gasteiger partial charge is 0.433 e. The Bertz CT molecular complexity index is 702. The van der Waals surface area contributed by atoms with Gasteiger partial charge in [0.2, 0.25) is 5.76 Å². The number of methoxy groups -OCH3 is 1. The van der Waals surface area contributed by atoms with Crippen LogP contribution >= 0.6 is 0 Å². The van der Waals surface area contributed by atoms with Gasteiger partial charge in [0.25, 0.3) is 0 Å². The number of furan rings is 1. The fraction of sp³-hybridized carbons (Fsp3) is 0.143. The molecule has 0 bridgehead atoms. The number of carbonyl (C=O) groups excluding carboxylic acids is 2. The molecule has 0 spiro atoms. The molecule has 0 N–H and O–H groups in total. The highest BCUT2D eigenvalue weighted by atomic mass is 16.7. The minimum atomic E-state index is -0.815. The Morgan fingerprint density at radius 3 is 2.36 bits per heavy atom. The van der Waals surface area contributed by atoms with Crippen LogP contribution in [0.15, 0.2) is 40.8 Å². The molecule has 1 aromatic heterocycles. The Hall–Kier alpha value is -3.16.